The molecule has 4 nitrogen and oxygen atoms in total. The number of carbonyl (C=O) groups excluding carboxylic acids is 1. The quantitative estimate of drug-likeness (QED) is 0.886. The highest BCUT2D eigenvalue weighted by Gasteiger charge is 2.24. The Kier molecular flexibility index (Phi) is 5.61. The van der Waals surface area contributed by atoms with E-state index in [1.807, 2.05) is 59.1 Å². The molecule has 0 saturated carbocycles. The Hall–Kier alpha value is -2.07. The van der Waals surface area contributed by atoms with Gasteiger partial charge in [0.1, 0.15) is 5.76 Å². The van der Waals surface area contributed by atoms with Gasteiger partial charge >= 0.3 is 0 Å². The van der Waals surface area contributed by atoms with E-state index < -0.39 is 0 Å². The minimum absolute atomic E-state index is 0.0459. The molecular weight excluding hydrogens is 288 g/mol. The van der Waals surface area contributed by atoms with Crippen LogP contribution in [0.2, 0.25) is 0 Å². The first-order valence-corrected chi connectivity index (χ1v) is 8.05. The van der Waals surface area contributed by atoms with Gasteiger partial charge in [0.2, 0.25) is 0 Å². The van der Waals surface area contributed by atoms with Crippen LogP contribution in [0.4, 0.5) is 0 Å². The molecule has 1 aromatic carbocycles. The third-order valence-electron chi connectivity index (χ3n) is 4.10. The van der Waals surface area contributed by atoms with Gasteiger partial charge in [0, 0.05) is 12.5 Å². The number of amides is 1. The van der Waals surface area contributed by atoms with Crippen LogP contribution >= 0.6 is 0 Å². The highest BCUT2D eigenvalue weighted by Crippen LogP contribution is 2.22. The zero-order valence-corrected chi connectivity index (χ0v) is 14.6. The largest absolute Gasteiger partial charge is 0.456 e. The molecule has 0 unspecified atom stereocenters. The van der Waals surface area contributed by atoms with Gasteiger partial charge in [0.15, 0.2) is 5.76 Å². The molecule has 0 fully saturated rings. The van der Waals surface area contributed by atoms with E-state index >= 15 is 0 Å². The van der Waals surface area contributed by atoms with Gasteiger partial charge in [-0.1, -0.05) is 37.3 Å². The molecular formula is C19H26N2O2. The van der Waals surface area contributed by atoms with Crippen molar-refractivity contribution in [2.45, 2.75) is 39.3 Å². The molecule has 1 N–H and O–H groups in total. The highest BCUT2D eigenvalue weighted by atomic mass is 16.4. The van der Waals surface area contributed by atoms with Crippen LogP contribution in [0.5, 0.6) is 0 Å². The molecule has 2 atom stereocenters. The number of rotatable bonds is 6. The van der Waals surface area contributed by atoms with Gasteiger partial charge in [0.05, 0.1) is 6.04 Å². The predicted octanol–water partition coefficient (Wildman–Crippen LogP) is 3.57. The molecule has 23 heavy (non-hydrogen) atoms. The van der Waals surface area contributed by atoms with E-state index in [1.165, 1.54) is 5.56 Å². The van der Waals surface area contributed by atoms with Crippen LogP contribution in [0.3, 0.4) is 0 Å². The van der Waals surface area contributed by atoms with Crippen LogP contribution in [-0.2, 0) is 6.42 Å². The zero-order chi connectivity index (χ0) is 17.0. The Bertz CT molecular complexity index is 647. The van der Waals surface area contributed by atoms with E-state index in [4.69, 9.17) is 4.42 Å². The molecule has 0 radical (unpaired) electrons. The summed E-state index contributed by atoms with van der Waals surface area (Å²) in [7, 11) is 4.04. The van der Waals surface area contributed by atoms with Gasteiger partial charge < -0.3 is 14.6 Å². The summed E-state index contributed by atoms with van der Waals surface area (Å²) in [5.41, 5.74) is 2.20. The monoisotopic (exact) mass is 314 g/mol. The van der Waals surface area contributed by atoms with Crippen molar-refractivity contribution in [3.05, 3.63) is 59.0 Å². The molecule has 0 aliphatic rings. The number of hydrogen-bond donors (Lipinski definition) is 1. The van der Waals surface area contributed by atoms with Crippen LogP contribution in [0.25, 0.3) is 0 Å². The summed E-state index contributed by atoms with van der Waals surface area (Å²) in [5.74, 6) is 1.09. The lowest BCUT2D eigenvalue weighted by Crippen LogP contribution is -2.42. The van der Waals surface area contributed by atoms with Crippen molar-refractivity contribution in [1.29, 1.82) is 0 Å². The second-order valence-corrected chi connectivity index (χ2v) is 6.15. The summed E-state index contributed by atoms with van der Waals surface area (Å²) in [5, 5.41) is 3.07. The van der Waals surface area contributed by atoms with Crippen molar-refractivity contribution in [2.75, 3.05) is 14.1 Å². The minimum Gasteiger partial charge on any atom is -0.456 e. The molecule has 0 saturated heterocycles. The Morgan fingerprint density at radius 1 is 1.26 bits per heavy atom. The fourth-order valence-electron chi connectivity index (χ4n) is 3.02. The molecule has 2 aromatic rings. The normalized spacial score (nSPS) is 13.8. The maximum Gasteiger partial charge on any atom is 0.287 e. The van der Waals surface area contributed by atoms with Crippen molar-refractivity contribution in [2.24, 2.45) is 0 Å². The molecule has 1 amide bonds. The number of nitrogens with zero attached hydrogens (tertiary/aromatic N) is 1. The van der Waals surface area contributed by atoms with Gasteiger partial charge in [-0.15, -0.1) is 0 Å². The van der Waals surface area contributed by atoms with E-state index in [-0.39, 0.29) is 18.0 Å². The molecule has 4 heteroatoms. The molecule has 1 aromatic heterocycles. The predicted molar refractivity (Wildman–Crippen MR) is 92.6 cm³/mol. The highest BCUT2D eigenvalue weighted by molar-refractivity contribution is 5.92. The lowest BCUT2D eigenvalue weighted by Gasteiger charge is -2.31. The fraction of sp³-hybridized carbons (Fsp3) is 0.421. The van der Waals surface area contributed by atoms with Crippen molar-refractivity contribution < 1.29 is 9.21 Å². The van der Waals surface area contributed by atoms with E-state index in [0.717, 1.165) is 17.7 Å². The van der Waals surface area contributed by atoms with Gasteiger partial charge in [0.25, 0.3) is 5.91 Å². The van der Waals surface area contributed by atoms with Crippen LogP contribution in [0.1, 0.15) is 47.3 Å². The van der Waals surface area contributed by atoms with E-state index in [1.54, 1.807) is 0 Å². The van der Waals surface area contributed by atoms with Crippen molar-refractivity contribution >= 4 is 5.91 Å². The first kappa shape index (κ1) is 17.3. The van der Waals surface area contributed by atoms with Gasteiger partial charge in [-0.25, -0.2) is 0 Å². The molecule has 0 bridgehead atoms. The molecule has 1 heterocycles. The standard InChI is InChI=1S/C19H26N2O2/c1-6-16-13(2)12-17(23-16)19(22)20-14(3)18(21(4)5)15-10-8-7-9-11-15/h7-12,14,18H,6H2,1-5H3,(H,20,22)/t14-,18-/m1/s1. The Morgan fingerprint density at radius 2 is 1.91 bits per heavy atom. The zero-order valence-electron chi connectivity index (χ0n) is 14.6. The molecule has 0 aliphatic carbocycles. The van der Waals surface area contributed by atoms with Gasteiger partial charge in [-0.3, -0.25) is 4.79 Å². The number of furan rings is 1. The van der Waals surface area contributed by atoms with Crippen molar-refractivity contribution in [3.63, 3.8) is 0 Å². The van der Waals surface area contributed by atoms with Crippen LogP contribution in [-0.4, -0.2) is 30.9 Å². The van der Waals surface area contributed by atoms with E-state index in [0.29, 0.717) is 5.76 Å². The topological polar surface area (TPSA) is 45.5 Å². The van der Waals surface area contributed by atoms with Crippen molar-refractivity contribution in [3.8, 4) is 0 Å². The minimum atomic E-state index is -0.164. The van der Waals surface area contributed by atoms with E-state index in [9.17, 15) is 4.79 Å². The fourth-order valence-corrected chi connectivity index (χ4v) is 3.02. The third kappa shape index (κ3) is 4.02. The van der Waals surface area contributed by atoms with E-state index in [2.05, 4.69) is 22.3 Å². The average molecular weight is 314 g/mol. The molecule has 0 aliphatic heterocycles. The summed E-state index contributed by atoms with van der Waals surface area (Å²) >= 11 is 0. The summed E-state index contributed by atoms with van der Waals surface area (Å²) in [6.45, 7) is 6.01. The van der Waals surface area contributed by atoms with Crippen LogP contribution < -0.4 is 5.32 Å². The molecule has 124 valence electrons. The second kappa shape index (κ2) is 7.47. The maximum atomic E-state index is 12.5. The maximum absolute atomic E-state index is 12.5. The Morgan fingerprint density at radius 3 is 2.43 bits per heavy atom. The summed E-state index contributed by atoms with van der Waals surface area (Å²) in [6, 6.07) is 12.1. The SMILES string of the molecule is CCc1oc(C(=O)N[C@H](C)[C@H](c2ccccc2)N(C)C)cc1C. The summed E-state index contributed by atoms with van der Waals surface area (Å²) in [4.78, 5) is 14.6. The van der Waals surface area contributed by atoms with Crippen LogP contribution in [0.15, 0.2) is 40.8 Å². The summed E-state index contributed by atoms with van der Waals surface area (Å²) < 4.78 is 5.65. The number of carbonyl (C=O) groups is 1. The molecule has 0 spiro atoms. The third-order valence-corrected chi connectivity index (χ3v) is 4.10. The number of aryl methyl sites for hydroxylation is 2. The number of likely N-dealkylation sites (N-methyl/N-ethyl adjacent to an activating group) is 1. The first-order chi connectivity index (χ1) is 10.9. The Balaban J connectivity index is 2.15. The first-order valence-electron chi connectivity index (χ1n) is 8.05. The lowest BCUT2D eigenvalue weighted by molar-refractivity contribution is 0.0886. The van der Waals surface area contributed by atoms with Crippen LogP contribution in [0, 0.1) is 6.92 Å². The van der Waals surface area contributed by atoms with Gasteiger partial charge in [-0.05, 0) is 45.1 Å². The Labute approximate surface area is 138 Å². The summed E-state index contributed by atoms with van der Waals surface area (Å²) in [6.07, 6.45) is 0.791. The van der Waals surface area contributed by atoms with Gasteiger partial charge in [-0.2, -0.15) is 0 Å². The van der Waals surface area contributed by atoms with Crippen molar-refractivity contribution in [1.82, 2.24) is 10.2 Å². The second-order valence-electron chi connectivity index (χ2n) is 6.15. The molecule has 2 rings (SSSR count). The number of benzene rings is 1. The smallest absolute Gasteiger partial charge is 0.287 e. The number of nitrogens with one attached hydrogen (secondary N) is 1. The lowest BCUT2D eigenvalue weighted by atomic mass is 9.99. The number of hydrogen-bond acceptors (Lipinski definition) is 3. The average Bonchev–Trinajstić information content (AvgIpc) is 2.89.